The van der Waals surface area contributed by atoms with Gasteiger partial charge in [0.05, 0.1) is 34.2 Å². The number of anilines is 2. The number of amides is 1. The van der Waals surface area contributed by atoms with Crippen LogP contribution in [0, 0.1) is 6.92 Å². The number of hydrogen-bond acceptors (Lipinski definition) is 6. The predicted molar refractivity (Wildman–Crippen MR) is 118 cm³/mol. The van der Waals surface area contributed by atoms with Gasteiger partial charge >= 0.3 is 0 Å². The molecule has 1 saturated heterocycles. The van der Waals surface area contributed by atoms with Crippen LogP contribution in [0.5, 0.6) is 0 Å². The number of rotatable bonds is 5. The van der Waals surface area contributed by atoms with Gasteiger partial charge in [-0.2, -0.15) is 0 Å². The molecule has 3 heterocycles. The van der Waals surface area contributed by atoms with E-state index in [2.05, 4.69) is 14.9 Å². The van der Waals surface area contributed by atoms with Crippen molar-refractivity contribution < 1.29 is 13.9 Å². The van der Waals surface area contributed by atoms with Gasteiger partial charge in [-0.1, -0.05) is 30.1 Å². The monoisotopic (exact) mass is 448 g/mol. The molecule has 0 N–H and O–H groups in total. The van der Waals surface area contributed by atoms with E-state index in [0.29, 0.717) is 76.8 Å². The van der Waals surface area contributed by atoms with Crippen molar-refractivity contribution in [2.45, 2.75) is 20.3 Å². The number of furan rings is 1. The zero-order chi connectivity index (χ0) is 21.3. The molecule has 0 spiro atoms. The van der Waals surface area contributed by atoms with Gasteiger partial charge in [0, 0.05) is 25.3 Å². The van der Waals surface area contributed by atoms with E-state index < -0.39 is 0 Å². The molecule has 2 aromatic heterocycles. The normalized spacial score (nSPS) is 14.3. The highest BCUT2D eigenvalue weighted by Gasteiger charge is 2.29. The van der Waals surface area contributed by atoms with Gasteiger partial charge in [0.15, 0.2) is 0 Å². The molecule has 158 valence electrons. The molecule has 0 atom stereocenters. The standard InChI is InChI=1S/C21H22Cl2N4O3/c1-3-6-27(14-4-5-15(22)16(23)11-14)21(28)17-13(2)30-20-18(17)19(24-12-25-20)26-7-9-29-10-8-26/h4-5,11-12H,3,6-10H2,1-2H3. The molecule has 3 aromatic rings. The number of fused-ring (bicyclic) bond motifs is 1. The van der Waals surface area contributed by atoms with E-state index in [9.17, 15) is 4.79 Å². The van der Waals surface area contributed by atoms with E-state index >= 15 is 0 Å². The molecular formula is C21H22Cl2N4O3. The molecule has 0 saturated carbocycles. The van der Waals surface area contributed by atoms with Crippen LogP contribution in [0.15, 0.2) is 28.9 Å². The summed E-state index contributed by atoms with van der Waals surface area (Å²) in [6, 6.07) is 5.19. The number of nitrogens with zero attached hydrogens (tertiary/aromatic N) is 4. The maximum atomic E-state index is 13.8. The number of benzene rings is 1. The molecule has 9 heteroatoms. The van der Waals surface area contributed by atoms with Crippen LogP contribution in [0.2, 0.25) is 10.0 Å². The van der Waals surface area contributed by atoms with Crippen LogP contribution in [0.25, 0.3) is 11.1 Å². The summed E-state index contributed by atoms with van der Waals surface area (Å²) in [5, 5.41) is 1.47. The topological polar surface area (TPSA) is 71.7 Å². The van der Waals surface area contributed by atoms with Crippen LogP contribution < -0.4 is 9.80 Å². The van der Waals surface area contributed by atoms with Crippen molar-refractivity contribution in [2.75, 3.05) is 42.6 Å². The smallest absolute Gasteiger partial charge is 0.262 e. The van der Waals surface area contributed by atoms with Crippen molar-refractivity contribution in [1.29, 1.82) is 0 Å². The second kappa shape index (κ2) is 8.79. The fourth-order valence-electron chi connectivity index (χ4n) is 3.66. The zero-order valence-electron chi connectivity index (χ0n) is 16.8. The largest absolute Gasteiger partial charge is 0.442 e. The van der Waals surface area contributed by atoms with Crippen molar-refractivity contribution in [1.82, 2.24) is 9.97 Å². The lowest BCUT2D eigenvalue weighted by Gasteiger charge is -2.28. The van der Waals surface area contributed by atoms with Gasteiger partial charge in [-0.3, -0.25) is 4.79 Å². The minimum absolute atomic E-state index is 0.184. The van der Waals surface area contributed by atoms with Crippen molar-refractivity contribution in [3.8, 4) is 0 Å². The van der Waals surface area contributed by atoms with Gasteiger partial charge in [-0.15, -0.1) is 0 Å². The van der Waals surface area contributed by atoms with Crippen molar-refractivity contribution in [3.63, 3.8) is 0 Å². The van der Waals surface area contributed by atoms with Crippen molar-refractivity contribution in [3.05, 3.63) is 45.9 Å². The first-order valence-electron chi connectivity index (χ1n) is 9.85. The molecule has 1 aliphatic rings. The SMILES string of the molecule is CCCN(C(=O)c1c(C)oc2ncnc(N3CCOCC3)c12)c1ccc(Cl)c(Cl)c1. The Labute approximate surface area is 184 Å². The fourth-order valence-corrected chi connectivity index (χ4v) is 3.95. The summed E-state index contributed by atoms with van der Waals surface area (Å²) in [5.74, 6) is 1.01. The van der Waals surface area contributed by atoms with Crippen LogP contribution in [-0.4, -0.2) is 48.7 Å². The van der Waals surface area contributed by atoms with Crippen LogP contribution in [-0.2, 0) is 4.74 Å². The van der Waals surface area contributed by atoms with Gasteiger partial charge in [0.25, 0.3) is 5.91 Å². The van der Waals surface area contributed by atoms with Gasteiger partial charge in [-0.05, 0) is 31.5 Å². The number of carbonyl (C=O) groups is 1. The average molecular weight is 449 g/mol. The highest BCUT2D eigenvalue weighted by Crippen LogP contribution is 2.34. The Balaban J connectivity index is 1.83. The van der Waals surface area contributed by atoms with Crippen LogP contribution in [0.3, 0.4) is 0 Å². The van der Waals surface area contributed by atoms with E-state index in [1.54, 1.807) is 30.0 Å². The number of carbonyl (C=O) groups excluding carboxylic acids is 1. The first-order valence-corrected chi connectivity index (χ1v) is 10.6. The molecule has 4 rings (SSSR count). The van der Waals surface area contributed by atoms with Crippen LogP contribution in [0.4, 0.5) is 11.5 Å². The minimum atomic E-state index is -0.184. The summed E-state index contributed by atoms with van der Waals surface area (Å²) in [4.78, 5) is 26.3. The lowest BCUT2D eigenvalue weighted by Crippen LogP contribution is -2.37. The molecule has 1 amide bonds. The predicted octanol–water partition coefficient (Wildman–Crippen LogP) is 4.73. The molecule has 7 nitrogen and oxygen atoms in total. The number of aryl methyl sites for hydroxylation is 1. The Hall–Kier alpha value is -2.35. The highest BCUT2D eigenvalue weighted by molar-refractivity contribution is 6.42. The maximum absolute atomic E-state index is 13.8. The van der Waals surface area contributed by atoms with E-state index in [-0.39, 0.29) is 5.91 Å². The Bertz CT molecular complexity index is 1080. The van der Waals surface area contributed by atoms with Crippen molar-refractivity contribution in [2.24, 2.45) is 0 Å². The summed E-state index contributed by atoms with van der Waals surface area (Å²) >= 11 is 12.3. The summed E-state index contributed by atoms with van der Waals surface area (Å²) in [5.41, 5.74) is 1.54. The third-order valence-corrected chi connectivity index (χ3v) is 5.82. The minimum Gasteiger partial charge on any atom is -0.442 e. The van der Waals surface area contributed by atoms with Gasteiger partial charge in [-0.25, -0.2) is 9.97 Å². The highest BCUT2D eigenvalue weighted by atomic mass is 35.5. The summed E-state index contributed by atoms with van der Waals surface area (Å²) in [6.45, 7) is 6.90. The van der Waals surface area contributed by atoms with E-state index in [0.717, 1.165) is 6.42 Å². The molecular weight excluding hydrogens is 427 g/mol. The van der Waals surface area contributed by atoms with Crippen LogP contribution in [0.1, 0.15) is 29.5 Å². The van der Waals surface area contributed by atoms with Gasteiger partial charge in [0.2, 0.25) is 5.71 Å². The van der Waals surface area contributed by atoms with Gasteiger partial charge < -0.3 is 19.0 Å². The molecule has 1 fully saturated rings. The number of aromatic nitrogens is 2. The molecule has 0 bridgehead atoms. The maximum Gasteiger partial charge on any atom is 0.262 e. The summed E-state index contributed by atoms with van der Waals surface area (Å²) < 4.78 is 11.3. The second-order valence-electron chi connectivity index (χ2n) is 7.07. The molecule has 0 aliphatic carbocycles. The summed E-state index contributed by atoms with van der Waals surface area (Å²) in [7, 11) is 0. The third-order valence-electron chi connectivity index (χ3n) is 5.08. The van der Waals surface area contributed by atoms with E-state index in [4.69, 9.17) is 32.4 Å². The molecule has 0 radical (unpaired) electrons. The summed E-state index contributed by atoms with van der Waals surface area (Å²) in [6.07, 6.45) is 2.24. The lowest BCUT2D eigenvalue weighted by atomic mass is 10.1. The second-order valence-corrected chi connectivity index (χ2v) is 7.88. The Kier molecular flexibility index (Phi) is 6.13. The average Bonchev–Trinajstić information content (AvgIpc) is 3.10. The van der Waals surface area contributed by atoms with Crippen LogP contribution >= 0.6 is 23.2 Å². The lowest BCUT2D eigenvalue weighted by molar-refractivity contribution is 0.0987. The zero-order valence-corrected chi connectivity index (χ0v) is 18.3. The molecule has 0 unspecified atom stereocenters. The van der Waals surface area contributed by atoms with Gasteiger partial charge in [0.1, 0.15) is 17.9 Å². The van der Waals surface area contributed by atoms with Crippen molar-refractivity contribution >= 4 is 51.7 Å². The Morgan fingerprint density at radius 3 is 2.67 bits per heavy atom. The number of hydrogen-bond donors (Lipinski definition) is 0. The third kappa shape index (κ3) is 3.85. The number of halogens is 2. The number of ether oxygens (including phenoxy) is 1. The molecule has 1 aromatic carbocycles. The first kappa shape index (κ1) is 20.9. The Morgan fingerprint density at radius 2 is 1.97 bits per heavy atom. The fraction of sp³-hybridized carbons (Fsp3) is 0.381. The first-order chi connectivity index (χ1) is 14.5. The van der Waals surface area contributed by atoms with E-state index in [1.807, 2.05) is 6.92 Å². The molecule has 1 aliphatic heterocycles. The Morgan fingerprint density at radius 1 is 1.20 bits per heavy atom. The van der Waals surface area contributed by atoms with E-state index in [1.165, 1.54) is 6.33 Å². The number of morpholine rings is 1. The molecule has 30 heavy (non-hydrogen) atoms. The quantitative estimate of drug-likeness (QED) is 0.561.